The molecule has 0 bridgehead atoms. The van der Waals surface area contributed by atoms with Gasteiger partial charge in [0.2, 0.25) is 11.8 Å². The number of nitrogens with zero attached hydrogens (tertiary/aromatic N) is 3. The van der Waals surface area contributed by atoms with E-state index in [1.54, 1.807) is 4.90 Å². The lowest BCUT2D eigenvalue weighted by molar-refractivity contribution is -0.142. The van der Waals surface area contributed by atoms with Crippen molar-refractivity contribution in [3.63, 3.8) is 0 Å². The number of thiazole rings is 1. The predicted octanol–water partition coefficient (Wildman–Crippen LogP) is 1.83. The van der Waals surface area contributed by atoms with Gasteiger partial charge in [0.1, 0.15) is 0 Å². The first-order chi connectivity index (χ1) is 10.1. The van der Waals surface area contributed by atoms with E-state index in [2.05, 4.69) is 10.3 Å². The summed E-state index contributed by atoms with van der Waals surface area (Å²) in [5.74, 6) is -0.245. The van der Waals surface area contributed by atoms with E-state index >= 15 is 0 Å². The fraction of sp³-hybridized carbons (Fsp3) is 0.667. The molecule has 7 heteroatoms. The third-order valence-corrected chi connectivity index (χ3v) is 3.82. The Labute approximate surface area is 136 Å². The van der Waals surface area contributed by atoms with E-state index in [-0.39, 0.29) is 18.4 Å². The highest BCUT2D eigenvalue weighted by Gasteiger charge is 2.28. The van der Waals surface area contributed by atoms with Gasteiger partial charge in [-0.3, -0.25) is 9.59 Å². The number of hydrogen-bond acceptors (Lipinski definition) is 5. The zero-order valence-corrected chi connectivity index (χ0v) is 15.1. The van der Waals surface area contributed by atoms with Crippen LogP contribution in [0.2, 0.25) is 0 Å². The molecule has 2 amide bonds. The van der Waals surface area contributed by atoms with Gasteiger partial charge in [-0.05, 0) is 21.0 Å². The van der Waals surface area contributed by atoms with Gasteiger partial charge >= 0.3 is 0 Å². The van der Waals surface area contributed by atoms with Gasteiger partial charge in [-0.2, -0.15) is 0 Å². The van der Waals surface area contributed by atoms with Gasteiger partial charge in [-0.15, -0.1) is 11.3 Å². The molecule has 0 fully saturated rings. The number of hydrogen-bond donors (Lipinski definition) is 1. The Morgan fingerprint density at radius 3 is 2.36 bits per heavy atom. The summed E-state index contributed by atoms with van der Waals surface area (Å²) in [5, 5.41) is 5.19. The molecule has 0 aliphatic heterocycles. The van der Waals surface area contributed by atoms with Gasteiger partial charge in [-0.25, -0.2) is 4.98 Å². The Morgan fingerprint density at radius 1 is 1.27 bits per heavy atom. The minimum Gasteiger partial charge on any atom is -0.332 e. The highest BCUT2D eigenvalue weighted by molar-refractivity contribution is 7.13. The molecule has 0 saturated carbocycles. The Morgan fingerprint density at radius 2 is 1.91 bits per heavy atom. The topological polar surface area (TPSA) is 65.5 Å². The average molecular weight is 326 g/mol. The maximum absolute atomic E-state index is 12.5. The Kier molecular flexibility index (Phi) is 6.49. The zero-order valence-electron chi connectivity index (χ0n) is 14.3. The van der Waals surface area contributed by atoms with Crippen molar-refractivity contribution >= 4 is 28.3 Å². The third-order valence-electron chi connectivity index (χ3n) is 2.95. The normalized spacial score (nSPS) is 11.6. The summed E-state index contributed by atoms with van der Waals surface area (Å²) in [6.45, 7) is 8.74. The number of rotatable bonds is 6. The first kappa shape index (κ1) is 18.6. The SMILES string of the molecule is Cc1csc(NC(=O)CN(CCN(C)C)C(=O)C(C)(C)C)n1. The molecule has 0 atom stereocenters. The Hall–Kier alpha value is -1.47. The van der Waals surface area contributed by atoms with Crippen LogP contribution in [0.15, 0.2) is 5.38 Å². The van der Waals surface area contributed by atoms with E-state index in [0.29, 0.717) is 18.2 Å². The molecule has 0 aromatic carbocycles. The minimum absolute atomic E-state index is 0.0279. The maximum atomic E-state index is 12.5. The largest absolute Gasteiger partial charge is 0.332 e. The minimum atomic E-state index is -0.510. The van der Waals surface area contributed by atoms with Crippen LogP contribution in [0.5, 0.6) is 0 Å². The molecule has 1 heterocycles. The lowest BCUT2D eigenvalue weighted by Crippen LogP contribution is -2.46. The van der Waals surface area contributed by atoms with Crippen molar-refractivity contribution < 1.29 is 9.59 Å². The quantitative estimate of drug-likeness (QED) is 0.866. The summed E-state index contributed by atoms with van der Waals surface area (Å²) in [7, 11) is 3.89. The van der Waals surface area contributed by atoms with Gasteiger partial charge in [0, 0.05) is 23.9 Å². The number of likely N-dealkylation sites (N-methyl/N-ethyl adjacent to an activating group) is 1. The van der Waals surface area contributed by atoms with Crippen LogP contribution >= 0.6 is 11.3 Å². The molecule has 22 heavy (non-hydrogen) atoms. The molecule has 0 radical (unpaired) electrons. The van der Waals surface area contributed by atoms with Crippen LogP contribution in [0.4, 0.5) is 5.13 Å². The molecule has 0 saturated heterocycles. The first-order valence-corrected chi connectivity index (χ1v) is 8.13. The average Bonchev–Trinajstić information content (AvgIpc) is 2.77. The second kappa shape index (κ2) is 7.69. The number of carbonyl (C=O) groups is 2. The standard InChI is InChI=1S/C15H26N4O2S/c1-11-10-22-14(16-11)17-12(20)9-19(8-7-18(5)6)13(21)15(2,3)4/h10H,7-9H2,1-6H3,(H,16,17,20). The van der Waals surface area contributed by atoms with E-state index in [1.807, 2.05) is 52.1 Å². The number of anilines is 1. The van der Waals surface area contributed by atoms with E-state index in [9.17, 15) is 9.59 Å². The number of aromatic nitrogens is 1. The lowest BCUT2D eigenvalue weighted by atomic mass is 9.94. The molecule has 0 unspecified atom stereocenters. The van der Waals surface area contributed by atoms with Crippen LogP contribution in [0.3, 0.4) is 0 Å². The van der Waals surface area contributed by atoms with Gasteiger partial charge < -0.3 is 15.1 Å². The first-order valence-electron chi connectivity index (χ1n) is 7.25. The molecule has 124 valence electrons. The van der Waals surface area contributed by atoms with Crippen molar-refractivity contribution in [2.24, 2.45) is 5.41 Å². The van der Waals surface area contributed by atoms with Crippen LogP contribution in [-0.4, -0.2) is 60.3 Å². The van der Waals surface area contributed by atoms with Crippen molar-refractivity contribution in [1.29, 1.82) is 0 Å². The summed E-state index contributed by atoms with van der Waals surface area (Å²) in [5.41, 5.74) is 0.361. The predicted molar refractivity (Wildman–Crippen MR) is 90.1 cm³/mol. The second-order valence-electron chi connectivity index (χ2n) is 6.62. The Bertz CT molecular complexity index is 520. The smallest absolute Gasteiger partial charge is 0.245 e. The highest BCUT2D eigenvalue weighted by Crippen LogP contribution is 2.18. The van der Waals surface area contributed by atoms with Gasteiger partial charge in [0.05, 0.1) is 12.2 Å². The van der Waals surface area contributed by atoms with Crippen molar-refractivity contribution in [2.75, 3.05) is 39.0 Å². The second-order valence-corrected chi connectivity index (χ2v) is 7.48. The van der Waals surface area contributed by atoms with Gasteiger partial charge in [0.25, 0.3) is 0 Å². The number of carbonyl (C=O) groups excluding carboxylic acids is 2. The van der Waals surface area contributed by atoms with Crippen LogP contribution in [0.1, 0.15) is 26.5 Å². The molecule has 0 aliphatic carbocycles. The van der Waals surface area contributed by atoms with Gasteiger partial charge in [0.15, 0.2) is 5.13 Å². The third kappa shape index (κ3) is 6.11. The highest BCUT2D eigenvalue weighted by atomic mass is 32.1. The van der Waals surface area contributed by atoms with Gasteiger partial charge in [-0.1, -0.05) is 20.8 Å². The summed E-state index contributed by atoms with van der Waals surface area (Å²) in [6, 6.07) is 0. The molecule has 1 aromatic rings. The Balaban J connectivity index is 2.70. The number of amides is 2. The molecule has 1 aromatic heterocycles. The molecule has 0 aliphatic rings. The number of aryl methyl sites for hydroxylation is 1. The fourth-order valence-corrected chi connectivity index (χ4v) is 2.50. The summed E-state index contributed by atoms with van der Waals surface area (Å²) in [4.78, 5) is 32.4. The molecule has 1 rings (SSSR count). The maximum Gasteiger partial charge on any atom is 0.245 e. The lowest BCUT2D eigenvalue weighted by Gasteiger charge is -2.29. The van der Waals surface area contributed by atoms with E-state index in [0.717, 1.165) is 5.69 Å². The van der Waals surface area contributed by atoms with E-state index < -0.39 is 5.41 Å². The fourth-order valence-electron chi connectivity index (χ4n) is 1.79. The van der Waals surface area contributed by atoms with Crippen LogP contribution < -0.4 is 5.32 Å². The van der Waals surface area contributed by atoms with Crippen LogP contribution in [0, 0.1) is 12.3 Å². The summed E-state index contributed by atoms with van der Waals surface area (Å²) >= 11 is 1.38. The molecular formula is C15H26N4O2S. The zero-order chi connectivity index (χ0) is 16.9. The molecular weight excluding hydrogens is 300 g/mol. The molecule has 6 nitrogen and oxygen atoms in total. The van der Waals surface area contributed by atoms with Crippen molar-refractivity contribution in [3.05, 3.63) is 11.1 Å². The van der Waals surface area contributed by atoms with Crippen molar-refractivity contribution in [1.82, 2.24) is 14.8 Å². The van der Waals surface area contributed by atoms with E-state index in [4.69, 9.17) is 0 Å². The van der Waals surface area contributed by atoms with Crippen LogP contribution in [0.25, 0.3) is 0 Å². The summed E-state index contributed by atoms with van der Waals surface area (Å²) < 4.78 is 0. The van der Waals surface area contributed by atoms with Crippen molar-refractivity contribution in [2.45, 2.75) is 27.7 Å². The molecule has 1 N–H and O–H groups in total. The van der Waals surface area contributed by atoms with E-state index in [1.165, 1.54) is 11.3 Å². The summed E-state index contributed by atoms with van der Waals surface area (Å²) in [6.07, 6.45) is 0. The molecule has 0 spiro atoms. The van der Waals surface area contributed by atoms with Crippen molar-refractivity contribution in [3.8, 4) is 0 Å². The monoisotopic (exact) mass is 326 g/mol. The van der Waals surface area contributed by atoms with Crippen LogP contribution in [-0.2, 0) is 9.59 Å². The number of nitrogens with one attached hydrogen (secondary N) is 1.